The van der Waals surface area contributed by atoms with E-state index in [1.165, 1.54) is 37.9 Å². The van der Waals surface area contributed by atoms with Gasteiger partial charge in [0.2, 0.25) is 0 Å². The molecular formula is C48H29N3OS. The van der Waals surface area contributed by atoms with Crippen molar-refractivity contribution in [1.29, 1.82) is 0 Å². The molecule has 2 aromatic heterocycles. The third kappa shape index (κ3) is 4.51. The van der Waals surface area contributed by atoms with Gasteiger partial charge in [-0.25, -0.2) is 15.0 Å². The molecule has 1 aliphatic heterocycles. The summed E-state index contributed by atoms with van der Waals surface area (Å²) in [5.41, 5.74) is 11.7. The van der Waals surface area contributed by atoms with Crippen molar-refractivity contribution in [2.45, 2.75) is 5.41 Å². The lowest BCUT2D eigenvalue weighted by Crippen LogP contribution is -2.32. The number of thiophene rings is 1. The number of hydrogen-bond donors (Lipinski definition) is 0. The molecule has 0 atom stereocenters. The molecule has 3 heterocycles. The first-order valence-electron chi connectivity index (χ1n) is 17.8. The normalized spacial score (nSPS) is 13.2. The Morgan fingerprint density at radius 2 is 0.943 bits per heavy atom. The van der Waals surface area contributed by atoms with Gasteiger partial charge >= 0.3 is 0 Å². The minimum atomic E-state index is -0.604. The van der Waals surface area contributed by atoms with Gasteiger partial charge in [0, 0.05) is 37.9 Å². The van der Waals surface area contributed by atoms with Crippen LogP contribution in [0, 0.1) is 0 Å². The molecule has 0 bridgehead atoms. The highest BCUT2D eigenvalue weighted by Gasteiger charge is 2.51. The number of rotatable bonds is 4. The number of benzene rings is 7. The summed E-state index contributed by atoms with van der Waals surface area (Å²) in [5.74, 6) is 3.64. The van der Waals surface area contributed by atoms with Crippen LogP contribution in [0.2, 0.25) is 0 Å². The number of fused-ring (bicyclic) bond motifs is 11. The Morgan fingerprint density at radius 3 is 1.62 bits per heavy atom. The average Bonchev–Trinajstić information content (AvgIpc) is 3.83. The zero-order valence-corrected chi connectivity index (χ0v) is 29.2. The van der Waals surface area contributed by atoms with E-state index in [1.807, 2.05) is 24.3 Å². The van der Waals surface area contributed by atoms with Crippen molar-refractivity contribution in [3.05, 3.63) is 197 Å². The van der Waals surface area contributed by atoms with Gasteiger partial charge in [-0.3, -0.25) is 0 Å². The standard InChI is InChI=1S/C48H29N3OS/c1-3-11-30(12-4-1)31-19-21-33(22-20-31)46-49-45(32-13-5-2-6-14-32)50-47(51-46)34-23-24-35-40(29-34)48(39-25-26-43-36(44(35)39)27-28-53-43)37-15-7-9-17-41(37)52-42-18-10-8-16-38(42)48/h1-29H. The first-order valence-corrected chi connectivity index (χ1v) is 18.6. The molecule has 248 valence electrons. The molecule has 9 aromatic rings. The molecule has 0 unspecified atom stereocenters. The first kappa shape index (κ1) is 30.0. The van der Waals surface area contributed by atoms with Crippen molar-refractivity contribution in [2.24, 2.45) is 0 Å². The predicted octanol–water partition coefficient (Wildman–Crippen LogP) is 12.2. The summed E-state index contributed by atoms with van der Waals surface area (Å²) in [4.78, 5) is 15.4. The lowest BCUT2D eigenvalue weighted by atomic mass is 9.66. The van der Waals surface area contributed by atoms with Crippen molar-refractivity contribution in [1.82, 2.24) is 15.0 Å². The molecule has 11 rings (SSSR count). The molecule has 0 saturated carbocycles. The fraction of sp³-hybridized carbons (Fsp3) is 0.0208. The third-order valence-electron chi connectivity index (χ3n) is 10.7. The second kappa shape index (κ2) is 11.7. The Hall–Kier alpha value is -6.69. The summed E-state index contributed by atoms with van der Waals surface area (Å²) >= 11 is 1.78. The van der Waals surface area contributed by atoms with E-state index in [2.05, 4.69) is 151 Å². The molecule has 1 spiro atoms. The van der Waals surface area contributed by atoms with E-state index in [1.54, 1.807) is 11.3 Å². The highest BCUT2D eigenvalue weighted by atomic mass is 32.1. The number of hydrogen-bond acceptors (Lipinski definition) is 5. The van der Waals surface area contributed by atoms with Gasteiger partial charge < -0.3 is 4.74 Å². The van der Waals surface area contributed by atoms with Crippen molar-refractivity contribution < 1.29 is 4.74 Å². The summed E-state index contributed by atoms with van der Waals surface area (Å²) in [5, 5.41) is 3.47. The quantitative estimate of drug-likeness (QED) is 0.184. The summed E-state index contributed by atoms with van der Waals surface area (Å²) < 4.78 is 7.89. The fourth-order valence-corrected chi connectivity index (χ4v) is 9.17. The van der Waals surface area contributed by atoms with Crippen LogP contribution in [0.5, 0.6) is 11.5 Å². The molecule has 0 saturated heterocycles. The molecule has 0 N–H and O–H groups in total. The Kier molecular flexibility index (Phi) is 6.60. The van der Waals surface area contributed by atoms with Crippen LogP contribution in [-0.4, -0.2) is 15.0 Å². The molecule has 4 nitrogen and oxygen atoms in total. The van der Waals surface area contributed by atoms with Crippen LogP contribution in [0.1, 0.15) is 22.3 Å². The van der Waals surface area contributed by atoms with Crippen LogP contribution in [0.3, 0.4) is 0 Å². The number of ether oxygens (including phenoxy) is 1. The average molecular weight is 696 g/mol. The van der Waals surface area contributed by atoms with Gasteiger partial charge in [-0.2, -0.15) is 0 Å². The fourth-order valence-electron chi connectivity index (χ4n) is 8.37. The highest BCUT2D eigenvalue weighted by molar-refractivity contribution is 7.17. The largest absolute Gasteiger partial charge is 0.457 e. The van der Waals surface area contributed by atoms with Crippen LogP contribution in [0.15, 0.2) is 175 Å². The maximum Gasteiger partial charge on any atom is 0.164 e. The molecule has 2 aliphatic rings. The van der Waals surface area contributed by atoms with Crippen LogP contribution in [-0.2, 0) is 5.41 Å². The van der Waals surface area contributed by atoms with Gasteiger partial charge in [0.15, 0.2) is 17.5 Å². The second-order valence-electron chi connectivity index (χ2n) is 13.5. The Morgan fingerprint density at radius 1 is 0.415 bits per heavy atom. The summed E-state index contributed by atoms with van der Waals surface area (Å²) in [6, 6.07) is 59.7. The van der Waals surface area contributed by atoms with E-state index in [9.17, 15) is 0 Å². The van der Waals surface area contributed by atoms with E-state index in [0.29, 0.717) is 17.5 Å². The van der Waals surface area contributed by atoms with E-state index in [-0.39, 0.29) is 0 Å². The zero-order chi connectivity index (χ0) is 34.9. The third-order valence-corrected chi connectivity index (χ3v) is 11.6. The van der Waals surface area contributed by atoms with Crippen molar-refractivity contribution in [3.8, 4) is 67.9 Å². The number of aromatic nitrogens is 3. The Bertz CT molecular complexity index is 2820. The SMILES string of the molecule is c1ccc(-c2ccc(-c3nc(-c4ccccc4)nc(-c4ccc5c(c4)C4(c6ccccc6Oc6ccccc64)c4ccc6sccc6c4-5)n3)cc2)cc1. The van der Waals surface area contributed by atoms with Gasteiger partial charge in [0.1, 0.15) is 11.5 Å². The smallest absolute Gasteiger partial charge is 0.164 e. The van der Waals surface area contributed by atoms with Crippen molar-refractivity contribution >= 4 is 21.4 Å². The molecule has 0 amide bonds. The van der Waals surface area contributed by atoms with Gasteiger partial charge in [0.05, 0.1) is 5.41 Å². The first-order chi connectivity index (χ1) is 26.3. The molecule has 53 heavy (non-hydrogen) atoms. The number of para-hydroxylation sites is 2. The van der Waals surface area contributed by atoms with Crippen LogP contribution in [0.4, 0.5) is 0 Å². The van der Waals surface area contributed by atoms with Gasteiger partial charge in [-0.1, -0.05) is 140 Å². The van der Waals surface area contributed by atoms with Crippen molar-refractivity contribution in [2.75, 3.05) is 0 Å². The molecular weight excluding hydrogens is 667 g/mol. The molecule has 7 aromatic carbocycles. The predicted molar refractivity (Wildman–Crippen MR) is 214 cm³/mol. The molecule has 0 radical (unpaired) electrons. The second-order valence-corrected chi connectivity index (χ2v) is 14.5. The Balaban J connectivity index is 1.16. The van der Waals surface area contributed by atoms with E-state index in [4.69, 9.17) is 19.7 Å². The van der Waals surface area contributed by atoms with Crippen molar-refractivity contribution in [3.63, 3.8) is 0 Å². The molecule has 0 fully saturated rings. The summed E-state index contributed by atoms with van der Waals surface area (Å²) in [6.45, 7) is 0. The van der Waals surface area contributed by atoms with Crippen LogP contribution >= 0.6 is 11.3 Å². The van der Waals surface area contributed by atoms with E-state index in [0.717, 1.165) is 44.9 Å². The Labute approximate surface area is 310 Å². The topological polar surface area (TPSA) is 47.9 Å². The monoisotopic (exact) mass is 695 g/mol. The van der Waals surface area contributed by atoms with Gasteiger partial charge in [-0.05, 0) is 69.1 Å². The summed E-state index contributed by atoms with van der Waals surface area (Å²) in [7, 11) is 0. The minimum Gasteiger partial charge on any atom is -0.457 e. The van der Waals surface area contributed by atoms with Gasteiger partial charge in [-0.15, -0.1) is 11.3 Å². The maximum atomic E-state index is 6.62. The van der Waals surface area contributed by atoms with Crippen LogP contribution < -0.4 is 4.74 Å². The molecule has 5 heteroatoms. The number of nitrogens with zero attached hydrogens (tertiary/aromatic N) is 3. The molecule has 1 aliphatic carbocycles. The summed E-state index contributed by atoms with van der Waals surface area (Å²) in [6.07, 6.45) is 0. The lowest BCUT2D eigenvalue weighted by Gasteiger charge is -2.39. The maximum absolute atomic E-state index is 6.62. The van der Waals surface area contributed by atoms with Crippen LogP contribution in [0.25, 0.3) is 66.5 Å². The highest BCUT2D eigenvalue weighted by Crippen LogP contribution is 2.63. The zero-order valence-electron chi connectivity index (χ0n) is 28.4. The minimum absolute atomic E-state index is 0.604. The van der Waals surface area contributed by atoms with E-state index >= 15 is 0 Å². The van der Waals surface area contributed by atoms with Gasteiger partial charge in [0.25, 0.3) is 0 Å². The lowest BCUT2D eigenvalue weighted by molar-refractivity contribution is 0.436. The van der Waals surface area contributed by atoms with E-state index < -0.39 is 5.41 Å².